The number of carbonyl (C=O) groups is 2. The summed E-state index contributed by atoms with van der Waals surface area (Å²) in [6, 6.07) is 8.53. The van der Waals surface area contributed by atoms with Crippen LogP contribution in [0.25, 0.3) is 0 Å². The van der Waals surface area contributed by atoms with E-state index in [1.807, 2.05) is 0 Å². The predicted molar refractivity (Wildman–Crippen MR) is 79.7 cm³/mol. The Labute approximate surface area is 121 Å². The van der Waals surface area contributed by atoms with Crippen molar-refractivity contribution in [3.8, 4) is 0 Å². The summed E-state index contributed by atoms with van der Waals surface area (Å²) in [7, 11) is 0. The smallest absolute Gasteiger partial charge is 0.302 e. The van der Waals surface area contributed by atoms with E-state index in [0.29, 0.717) is 18.3 Å². The van der Waals surface area contributed by atoms with Gasteiger partial charge in [-0.25, -0.2) is 0 Å². The van der Waals surface area contributed by atoms with Gasteiger partial charge in [0.25, 0.3) is 0 Å². The van der Waals surface area contributed by atoms with Gasteiger partial charge in [-0.2, -0.15) is 0 Å². The molecule has 0 heterocycles. The Morgan fingerprint density at radius 2 is 1.85 bits per heavy atom. The normalized spacial score (nSPS) is 15.2. The SMILES string of the molecule is CCOC(C)=O.Cc1ccccc1C1CCC(=O)CC1. The minimum atomic E-state index is -0.211. The molecule has 0 aromatic heterocycles. The fourth-order valence-electron chi connectivity index (χ4n) is 2.50. The highest BCUT2D eigenvalue weighted by molar-refractivity contribution is 5.79. The second-order valence-electron chi connectivity index (χ2n) is 5.09. The number of ether oxygens (including phenoxy) is 1. The average molecular weight is 276 g/mol. The molecule has 0 atom stereocenters. The first-order valence-corrected chi connectivity index (χ1v) is 7.25. The van der Waals surface area contributed by atoms with Gasteiger partial charge in [0, 0.05) is 19.8 Å². The van der Waals surface area contributed by atoms with Gasteiger partial charge in [-0.05, 0) is 43.7 Å². The van der Waals surface area contributed by atoms with Crippen molar-refractivity contribution >= 4 is 11.8 Å². The zero-order valence-corrected chi connectivity index (χ0v) is 12.6. The highest BCUT2D eigenvalue weighted by atomic mass is 16.5. The van der Waals surface area contributed by atoms with Crippen molar-refractivity contribution < 1.29 is 14.3 Å². The number of esters is 1. The lowest BCUT2D eigenvalue weighted by atomic mass is 9.82. The summed E-state index contributed by atoms with van der Waals surface area (Å²) >= 11 is 0. The highest BCUT2D eigenvalue weighted by Crippen LogP contribution is 2.32. The van der Waals surface area contributed by atoms with Crippen LogP contribution in [-0.2, 0) is 14.3 Å². The summed E-state index contributed by atoms with van der Waals surface area (Å²) in [6.45, 7) is 5.81. The Hall–Kier alpha value is -1.64. The minimum Gasteiger partial charge on any atom is -0.466 e. The van der Waals surface area contributed by atoms with E-state index in [4.69, 9.17) is 0 Å². The average Bonchev–Trinajstić information content (AvgIpc) is 2.41. The largest absolute Gasteiger partial charge is 0.466 e. The maximum Gasteiger partial charge on any atom is 0.302 e. The lowest BCUT2D eigenvalue weighted by Crippen LogP contribution is -2.13. The standard InChI is InChI=1S/C13H16O.C4H8O2/c1-10-4-2-3-5-13(10)11-6-8-12(14)9-7-11;1-3-6-4(2)5/h2-5,11H,6-9H2,1H3;3H2,1-2H3. The van der Waals surface area contributed by atoms with Crippen LogP contribution in [0.3, 0.4) is 0 Å². The topological polar surface area (TPSA) is 43.4 Å². The second-order valence-corrected chi connectivity index (χ2v) is 5.09. The van der Waals surface area contributed by atoms with Crippen LogP contribution < -0.4 is 0 Å². The maximum absolute atomic E-state index is 11.1. The molecule has 0 saturated heterocycles. The number of benzene rings is 1. The maximum atomic E-state index is 11.1. The van der Waals surface area contributed by atoms with E-state index >= 15 is 0 Å². The van der Waals surface area contributed by atoms with Crippen molar-refractivity contribution in [1.29, 1.82) is 0 Å². The van der Waals surface area contributed by atoms with Crippen LogP contribution in [0.5, 0.6) is 0 Å². The molecule has 1 aromatic carbocycles. The van der Waals surface area contributed by atoms with Gasteiger partial charge < -0.3 is 4.74 Å². The molecule has 0 aliphatic heterocycles. The molecule has 0 spiro atoms. The van der Waals surface area contributed by atoms with Crippen molar-refractivity contribution in [2.75, 3.05) is 6.61 Å². The molecule has 0 unspecified atom stereocenters. The molecule has 2 rings (SSSR count). The van der Waals surface area contributed by atoms with Crippen LogP contribution >= 0.6 is 0 Å². The quantitative estimate of drug-likeness (QED) is 0.772. The van der Waals surface area contributed by atoms with E-state index in [2.05, 4.69) is 35.9 Å². The molecule has 0 bridgehead atoms. The first-order chi connectivity index (χ1) is 9.54. The number of carbonyl (C=O) groups excluding carboxylic acids is 2. The fourth-order valence-corrected chi connectivity index (χ4v) is 2.50. The lowest BCUT2D eigenvalue weighted by molar-refractivity contribution is -0.140. The number of rotatable bonds is 2. The molecule has 0 radical (unpaired) electrons. The first-order valence-electron chi connectivity index (χ1n) is 7.25. The number of ketones is 1. The molecular formula is C17H24O3. The molecule has 1 aromatic rings. The molecule has 1 saturated carbocycles. The third-order valence-corrected chi connectivity index (χ3v) is 3.52. The molecular weight excluding hydrogens is 252 g/mol. The summed E-state index contributed by atoms with van der Waals surface area (Å²) < 4.78 is 4.40. The summed E-state index contributed by atoms with van der Waals surface area (Å²) in [5, 5.41) is 0. The van der Waals surface area contributed by atoms with Crippen LogP contribution in [0, 0.1) is 6.92 Å². The monoisotopic (exact) mass is 276 g/mol. The Kier molecular flexibility index (Phi) is 6.99. The van der Waals surface area contributed by atoms with Gasteiger partial charge in [0.1, 0.15) is 5.78 Å². The van der Waals surface area contributed by atoms with E-state index in [9.17, 15) is 9.59 Å². The third-order valence-electron chi connectivity index (χ3n) is 3.52. The Morgan fingerprint density at radius 3 is 2.30 bits per heavy atom. The lowest BCUT2D eigenvalue weighted by Gasteiger charge is -2.22. The van der Waals surface area contributed by atoms with Crippen molar-refractivity contribution in [2.45, 2.75) is 52.4 Å². The predicted octanol–water partition coefficient (Wildman–Crippen LogP) is 3.79. The van der Waals surface area contributed by atoms with Gasteiger partial charge in [0.15, 0.2) is 0 Å². The van der Waals surface area contributed by atoms with Gasteiger partial charge in [0.2, 0.25) is 0 Å². The third kappa shape index (κ3) is 5.55. The van der Waals surface area contributed by atoms with Crippen molar-refractivity contribution in [3.63, 3.8) is 0 Å². The molecule has 3 heteroatoms. The van der Waals surface area contributed by atoms with E-state index in [1.165, 1.54) is 18.1 Å². The van der Waals surface area contributed by atoms with E-state index < -0.39 is 0 Å². The summed E-state index contributed by atoms with van der Waals surface area (Å²) in [5.74, 6) is 0.848. The van der Waals surface area contributed by atoms with Gasteiger partial charge >= 0.3 is 5.97 Å². The van der Waals surface area contributed by atoms with E-state index in [-0.39, 0.29) is 5.97 Å². The van der Waals surface area contributed by atoms with Crippen molar-refractivity contribution in [3.05, 3.63) is 35.4 Å². The fraction of sp³-hybridized carbons (Fsp3) is 0.529. The van der Waals surface area contributed by atoms with Crippen LogP contribution in [0.1, 0.15) is 56.6 Å². The van der Waals surface area contributed by atoms with Crippen molar-refractivity contribution in [2.24, 2.45) is 0 Å². The second kappa shape index (κ2) is 8.51. The molecule has 20 heavy (non-hydrogen) atoms. The zero-order valence-electron chi connectivity index (χ0n) is 12.6. The highest BCUT2D eigenvalue weighted by Gasteiger charge is 2.20. The minimum absolute atomic E-state index is 0.211. The molecule has 0 amide bonds. The summed E-state index contributed by atoms with van der Waals surface area (Å²) in [5.41, 5.74) is 2.81. The molecule has 110 valence electrons. The molecule has 0 N–H and O–H groups in total. The van der Waals surface area contributed by atoms with Crippen LogP contribution in [-0.4, -0.2) is 18.4 Å². The van der Waals surface area contributed by atoms with Gasteiger partial charge in [-0.1, -0.05) is 24.3 Å². The number of hydrogen-bond donors (Lipinski definition) is 0. The van der Waals surface area contributed by atoms with Crippen LogP contribution in [0.4, 0.5) is 0 Å². The van der Waals surface area contributed by atoms with E-state index in [0.717, 1.165) is 25.7 Å². The van der Waals surface area contributed by atoms with Gasteiger partial charge in [0.05, 0.1) is 6.61 Å². The number of Topliss-reactive ketones (excluding diaryl/α,β-unsaturated/α-hetero) is 1. The molecule has 1 aliphatic carbocycles. The first kappa shape index (κ1) is 16.4. The van der Waals surface area contributed by atoms with Gasteiger partial charge in [-0.3, -0.25) is 9.59 Å². The van der Waals surface area contributed by atoms with Crippen molar-refractivity contribution in [1.82, 2.24) is 0 Å². The zero-order chi connectivity index (χ0) is 15.0. The summed E-state index contributed by atoms with van der Waals surface area (Å²) in [6.07, 6.45) is 3.64. The van der Waals surface area contributed by atoms with Gasteiger partial charge in [-0.15, -0.1) is 0 Å². The molecule has 3 nitrogen and oxygen atoms in total. The molecule has 1 fully saturated rings. The summed E-state index contributed by atoms with van der Waals surface area (Å²) in [4.78, 5) is 20.9. The molecule has 1 aliphatic rings. The number of aryl methyl sites for hydroxylation is 1. The van der Waals surface area contributed by atoms with Crippen LogP contribution in [0.2, 0.25) is 0 Å². The Balaban J connectivity index is 0.000000286. The number of hydrogen-bond acceptors (Lipinski definition) is 3. The van der Waals surface area contributed by atoms with Crippen LogP contribution in [0.15, 0.2) is 24.3 Å². The Morgan fingerprint density at radius 1 is 1.25 bits per heavy atom. The Bertz CT molecular complexity index is 441. The van der Waals surface area contributed by atoms with E-state index in [1.54, 1.807) is 6.92 Å².